The zero-order valence-electron chi connectivity index (χ0n) is 15.6. The van der Waals surface area contributed by atoms with E-state index in [1.165, 1.54) is 52.9 Å². The lowest BCUT2D eigenvalue weighted by Crippen LogP contribution is -1.90. The lowest BCUT2D eigenvalue weighted by atomic mass is 9.90. The van der Waals surface area contributed by atoms with Crippen LogP contribution < -0.4 is 0 Å². The summed E-state index contributed by atoms with van der Waals surface area (Å²) in [5.74, 6) is 0. The van der Waals surface area contributed by atoms with Crippen molar-refractivity contribution in [2.45, 2.75) is 6.92 Å². The summed E-state index contributed by atoms with van der Waals surface area (Å²) in [6.45, 7) is 2.13. The first-order valence-corrected chi connectivity index (χ1v) is 10.6. The minimum Gasteiger partial charge on any atom is -0.0622 e. The van der Waals surface area contributed by atoms with Crippen LogP contribution in [0, 0.1) is 10.5 Å². The Morgan fingerprint density at radius 3 is 2.07 bits per heavy atom. The van der Waals surface area contributed by atoms with Gasteiger partial charge in [-0.1, -0.05) is 84.4 Å². The average molecular weight is 470 g/mol. The smallest absolute Gasteiger partial charge is 0.0215 e. The van der Waals surface area contributed by atoms with Gasteiger partial charge >= 0.3 is 0 Å². The van der Waals surface area contributed by atoms with Crippen LogP contribution in [0.3, 0.4) is 0 Å². The highest BCUT2D eigenvalue weighted by Gasteiger charge is 2.13. The Labute approximate surface area is 179 Å². The van der Waals surface area contributed by atoms with E-state index in [9.17, 15) is 0 Å². The molecule has 28 heavy (non-hydrogen) atoms. The van der Waals surface area contributed by atoms with Crippen molar-refractivity contribution < 1.29 is 0 Å². The van der Waals surface area contributed by atoms with Gasteiger partial charge in [-0.3, -0.25) is 0 Å². The second-order valence-corrected chi connectivity index (χ2v) is 8.42. The van der Waals surface area contributed by atoms with Gasteiger partial charge in [-0.25, -0.2) is 0 Å². The molecule has 0 unspecified atom stereocenters. The molecule has 1 heteroatoms. The van der Waals surface area contributed by atoms with E-state index in [4.69, 9.17) is 0 Å². The van der Waals surface area contributed by atoms with Crippen molar-refractivity contribution in [1.29, 1.82) is 0 Å². The number of rotatable bonds is 2. The molecule has 0 saturated carbocycles. The zero-order chi connectivity index (χ0) is 19.1. The second-order valence-electron chi connectivity index (χ2n) is 7.26. The monoisotopic (exact) mass is 470 g/mol. The molecule has 0 saturated heterocycles. The van der Waals surface area contributed by atoms with Crippen LogP contribution >= 0.6 is 22.6 Å². The highest BCUT2D eigenvalue weighted by molar-refractivity contribution is 14.1. The Balaban J connectivity index is 1.93. The number of hydrogen-bond acceptors (Lipinski definition) is 0. The van der Waals surface area contributed by atoms with Crippen LogP contribution in [0.2, 0.25) is 0 Å². The molecule has 0 fully saturated rings. The summed E-state index contributed by atoms with van der Waals surface area (Å²) in [6.07, 6.45) is 0. The Bertz CT molecular complexity index is 1300. The molecular formula is C27H19I. The normalized spacial score (nSPS) is 11.2. The Morgan fingerprint density at radius 2 is 1.29 bits per heavy atom. The molecule has 0 radical (unpaired) electrons. The fourth-order valence-electron chi connectivity index (χ4n) is 3.94. The standard InChI is InChI=1S/C27H19I/c1-18-11-13-19(14-12-18)22-15-24(20-7-3-2-4-8-20)27-23-10-6-5-9-21(23)17-26(28)25(27)16-22/h2-17H,1H3. The second kappa shape index (κ2) is 7.06. The van der Waals surface area contributed by atoms with Gasteiger partial charge in [-0.15, -0.1) is 0 Å². The minimum atomic E-state index is 1.26. The van der Waals surface area contributed by atoms with Crippen LogP contribution in [0.25, 0.3) is 43.8 Å². The van der Waals surface area contributed by atoms with Crippen LogP contribution in [-0.2, 0) is 0 Å². The van der Waals surface area contributed by atoms with E-state index >= 15 is 0 Å². The molecule has 0 atom stereocenters. The van der Waals surface area contributed by atoms with Crippen LogP contribution in [0.5, 0.6) is 0 Å². The topological polar surface area (TPSA) is 0 Å². The molecule has 0 aliphatic carbocycles. The third-order valence-corrected chi connectivity index (χ3v) is 6.27. The molecule has 0 spiro atoms. The summed E-state index contributed by atoms with van der Waals surface area (Å²) >= 11 is 2.48. The Hall–Kier alpha value is -2.65. The van der Waals surface area contributed by atoms with E-state index in [1.54, 1.807) is 0 Å². The number of benzene rings is 5. The van der Waals surface area contributed by atoms with Gasteiger partial charge in [-0.05, 0) is 91.5 Å². The van der Waals surface area contributed by atoms with Gasteiger partial charge in [-0.2, -0.15) is 0 Å². The number of aryl methyl sites for hydroxylation is 1. The first kappa shape index (κ1) is 17.4. The van der Waals surface area contributed by atoms with E-state index in [0.29, 0.717) is 0 Å². The minimum absolute atomic E-state index is 1.26. The van der Waals surface area contributed by atoms with Crippen molar-refractivity contribution in [3.05, 3.63) is 106 Å². The maximum absolute atomic E-state index is 2.48. The first-order valence-electron chi connectivity index (χ1n) is 9.48. The van der Waals surface area contributed by atoms with Gasteiger partial charge < -0.3 is 0 Å². The van der Waals surface area contributed by atoms with Crippen molar-refractivity contribution >= 4 is 44.1 Å². The largest absolute Gasteiger partial charge is 0.0622 e. The first-order chi connectivity index (χ1) is 13.7. The van der Waals surface area contributed by atoms with E-state index in [2.05, 4.69) is 127 Å². The van der Waals surface area contributed by atoms with Gasteiger partial charge in [0.2, 0.25) is 0 Å². The lowest BCUT2D eigenvalue weighted by molar-refractivity contribution is 1.47. The molecule has 0 aliphatic rings. The van der Waals surface area contributed by atoms with Crippen molar-refractivity contribution in [2.24, 2.45) is 0 Å². The molecule has 0 nitrogen and oxygen atoms in total. The molecular weight excluding hydrogens is 451 g/mol. The summed E-state index contributed by atoms with van der Waals surface area (Å²) in [4.78, 5) is 0. The maximum atomic E-state index is 2.48. The molecule has 0 aliphatic heterocycles. The van der Waals surface area contributed by atoms with Crippen molar-refractivity contribution in [3.63, 3.8) is 0 Å². The summed E-state index contributed by atoms with van der Waals surface area (Å²) in [6, 6.07) is 35.3. The fraction of sp³-hybridized carbons (Fsp3) is 0.0370. The third kappa shape index (κ3) is 3.00. The SMILES string of the molecule is Cc1ccc(-c2cc(-c3ccccc3)c3c(c2)c(I)cc2ccccc23)cc1. The maximum Gasteiger partial charge on any atom is 0.0215 e. The van der Waals surface area contributed by atoms with Gasteiger partial charge in [0.15, 0.2) is 0 Å². The number of fused-ring (bicyclic) bond motifs is 3. The fourth-order valence-corrected chi connectivity index (χ4v) is 4.70. The van der Waals surface area contributed by atoms with Crippen LogP contribution in [0.1, 0.15) is 5.56 Å². The molecule has 0 N–H and O–H groups in total. The molecule has 5 aromatic rings. The van der Waals surface area contributed by atoms with Crippen LogP contribution in [0.4, 0.5) is 0 Å². The Morgan fingerprint density at radius 1 is 0.571 bits per heavy atom. The van der Waals surface area contributed by atoms with Crippen LogP contribution in [0.15, 0.2) is 97.1 Å². The summed E-state index contributed by atoms with van der Waals surface area (Å²) in [7, 11) is 0. The number of halogens is 1. The summed E-state index contributed by atoms with van der Waals surface area (Å²) in [5.41, 5.74) is 6.36. The zero-order valence-corrected chi connectivity index (χ0v) is 17.8. The number of hydrogen-bond donors (Lipinski definition) is 0. The Kier molecular flexibility index (Phi) is 4.40. The van der Waals surface area contributed by atoms with E-state index in [1.807, 2.05) is 0 Å². The lowest BCUT2D eigenvalue weighted by Gasteiger charge is -2.15. The van der Waals surface area contributed by atoms with E-state index in [-0.39, 0.29) is 0 Å². The van der Waals surface area contributed by atoms with Crippen molar-refractivity contribution in [2.75, 3.05) is 0 Å². The molecule has 0 heterocycles. The molecule has 0 bridgehead atoms. The average Bonchev–Trinajstić information content (AvgIpc) is 2.74. The predicted octanol–water partition coefficient (Wildman–Crippen LogP) is 8.24. The molecule has 134 valence electrons. The predicted molar refractivity (Wildman–Crippen MR) is 130 cm³/mol. The van der Waals surface area contributed by atoms with Crippen molar-refractivity contribution in [1.82, 2.24) is 0 Å². The quantitative estimate of drug-likeness (QED) is 0.180. The summed E-state index contributed by atoms with van der Waals surface area (Å²) < 4.78 is 1.29. The molecule has 0 amide bonds. The highest BCUT2D eigenvalue weighted by Crippen LogP contribution is 2.40. The summed E-state index contributed by atoms with van der Waals surface area (Å²) in [5, 5.41) is 5.26. The molecule has 5 rings (SSSR count). The van der Waals surface area contributed by atoms with E-state index in [0.717, 1.165) is 0 Å². The third-order valence-electron chi connectivity index (χ3n) is 5.38. The van der Waals surface area contributed by atoms with Gasteiger partial charge in [0.1, 0.15) is 0 Å². The van der Waals surface area contributed by atoms with Crippen molar-refractivity contribution in [3.8, 4) is 22.3 Å². The highest BCUT2D eigenvalue weighted by atomic mass is 127. The van der Waals surface area contributed by atoms with E-state index < -0.39 is 0 Å². The molecule has 5 aromatic carbocycles. The van der Waals surface area contributed by atoms with Gasteiger partial charge in [0.25, 0.3) is 0 Å². The van der Waals surface area contributed by atoms with Gasteiger partial charge in [0.05, 0.1) is 0 Å². The van der Waals surface area contributed by atoms with Gasteiger partial charge in [0, 0.05) is 3.57 Å². The molecule has 0 aromatic heterocycles. The van der Waals surface area contributed by atoms with Crippen LogP contribution in [-0.4, -0.2) is 0 Å².